The van der Waals surface area contributed by atoms with Gasteiger partial charge in [0.25, 0.3) is 0 Å². The van der Waals surface area contributed by atoms with E-state index in [0.717, 1.165) is 25.3 Å². The lowest BCUT2D eigenvalue weighted by molar-refractivity contribution is -0.156. The van der Waals surface area contributed by atoms with Gasteiger partial charge < -0.3 is 21.1 Å². The maximum absolute atomic E-state index is 14.5. The average Bonchev–Trinajstić information content (AvgIpc) is 2.53. The summed E-state index contributed by atoms with van der Waals surface area (Å²) >= 11 is 0. The van der Waals surface area contributed by atoms with Gasteiger partial charge in [0.15, 0.2) is 0 Å². The van der Waals surface area contributed by atoms with Crippen LogP contribution in [0.2, 0.25) is 0 Å². The van der Waals surface area contributed by atoms with Gasteiger partial charge in [-0.2, -0.15) is 0 Å². The predicted octanol–water partition coefficient (Wildman–Crippen LogP) is 2.26. The molecule has 1 aliphatic rings. The number of nitrogens with zero attached hydrogens (tertiary/aromatic N) is 1. The minimum Gasteiger partial charge on any atom is -0.459 e. The van der Waals surface area contributed by atoms with Gasteiger partial charge in [0.1, 0.15) is 17.5 Å². The molecule has 25 heavy (non-hydrogen) atoms. The normalized spacial score (nSPS) is 16.4. The van der Waals surface area contributed by atoms with E-state index in [2.05, 4.69) is 0 Å². The largest absolute Gasteiger partial charge is 0.459 e. The summed E-state index contributed by atoms with van der Waals surface area (Å²) < 4.78 is 19.8. The lowest BCUT2D eigenvalue weighted by Gasteiger charge is -2.30. The van der Waals surface area contributed by atoms with Gasteiger partial charge in [-0.1, -0.05) is 0 Å². The minimum atomic E-state index is -1.22. The molecule has 7 heteroatoms. The van der Waals surface area contributed by atoms with Gasteiger partial charge in [0.2, 0.25) is 5.91 Å². The van der Waals surface area contributed by atoms with Crippen LogP contribution in [-0.2, 0) is 9.53 Å². The van der Waals surface area contributed by atoms with Crippen molar-refractivity contribution in [2.75, 3.05) is 18.0 Å². The first-order chi connectivity index (χ1) is 11.6. The molecule has 138 valence electrons. The molecule has 1 aromatic rings. The molecule has 1 aromatic carbocycles. The first kappa shape index (κ1) is 19.2. The zero-order valence-electron chi connectivity index (χ0n) is 15.0. The van der Waals surface area contributed by atoms with Crippen LogP contribution in [0.3, 0.4) is 0 Å². The molecule has 2 rings (SSSR count). The number of piperidine rings is 1. The first-order valence-corrected chi connectivity index (χ1v) is 8.47. The van der Waals surface area contributed by atoms with Crippen LogP contribution in [0.4, 0.5) is 10.1 Å². The SMILES string of the molecule is CC(C)(C)OC(=O)C(N)c1cc(N2CCCCC2)c(F)cc1C(N)=O. The summed E-state index contributed by atoms with van der Waals surface area (Å²) in [6.45, 7) is 6.59. The van der Waals surface area contributed by atoms with Crippen molar-refractivity contribution in [1.82, 2.24) is 0 Å². The van der Waals surface area contributed by atoms with E-state index in [4.69, 9.17) is 16.2 Å². The van der Waals surface area contributed by atoms with Crippen molar-refractivity contribution in [1.29, 1.82) is 0 Å². The monoisotopic (exact) mass is 351 g/mol. The number of esters is 1. The minimum absolute atomic E-state index is 0.100. The average molecular weight is 351 g/mol. The summed E-state index contributed by atoms with van der Waals surface area (Å²) in [6.07, 6.45) is 3.02. The van der Waals surface area contributed by atoms with Crippen LogP contribution in [0.25, 0.3) is 0 Å². The summed E-state index contributed by atoms with van der Waals surface area (Å²) in [5, 5.41) is 0. The smallest absolute Gasteiger partial charge is 0.328 e. The van der Waals surface area contributed by atoms with Crippen molar-refractivity contribution in [2.45, 2.75) is 51.7 Å². The number of carbonyl (C=O) groups excluding carboxylic acids is 2. The lowest BCUT2D eigenvalue weighted by Crippen LogP contribution is -2.34. The van der Waals surface area contributed by atoms with Crippen molar-refractivity contribution < 1.29 is 18.7 Å². The highest BCUT2D eigenvalue weighted by Crippen LogP contribution is 2.30. The Labute approximate surface area is 147 Å². The van der Waals surface area contributed by atoms with Gasteiger partial charge >= 0.3 is 5.97 Å². The second-order valence-corrected chi connectivity index (χ2v) is 7.31. The Morgan fingerprint density at radius 1 is 1.20 bits per heavy atom. The van der Waals surface area contributed by atoms with Gasteiger partial charge in [-0.25, -0.2) is 9.18 Å². The molecule has 6 nitrogen and oxygen atoms in total. The standard InChI is InChI=1S/C18H26FN3O3/c1-18(2,3)25-17(24)15(20)11-10-14(22-7-5-4-6-8-22)13(19)9-12(11)16(21)23/h9-10,15H,4-8,20H2,1-3H3,(H2,21,23). The molecule has 1 aliphatic heterocycles. The number of carbonyl (C=O) groups is 2. The number of hydrogen-bond acceptors (Lipinski definition) is 5. The van der Waals surface area contributed by atoms with Crippen LogP contribution in [0, 0.1) is 5.82 Å². The number of ether oxygens (including phenoxy) is 1. The number of halogens is 1. The Hall–Kier alpha value is -2.15. The van der Waals surface area contributed by atoms with E-state index >= 15 is 0 Å². The third-order valence-corrected chi connectivity index (χ3v) is 4.08. The molecule has 1 fully saturated rings. The van der Waals surface area contributed by atoms with Gasteiger partial charge in [-0.05, 0) is 57.7 Å². The lowest BCUT2D eigenvalue weighted by atomic mass is 9.97. The zero-order valence-corrected chi connectivity index (χ0v) is 15.0. The fourth-order valence-electron chi connectivity index (χ4n) is 2.92. The Balaban J connectivity index is 2.42. The maximum atomic E-state index is 14.5. The molecule has 0 aromatic heterocycles. The number of amides is 1. The van der Waals surface area contributed by atoms with E-state index in [9.17, 15) is 14.0 Å². The van der Waals surface area contributed by atoms with Crippen LogP contribution in [0.15, 0.2) is 12.1 Å². The summed E-state index contributed by atoms with van der Waals surface area (Å²) in [4.78, 5) is 25.9. The molecule has 0 aliphatic carbocycles. The molecule has 1 saturated heterocycles. The van der Waals surface area contributed by atoms with Crippen LogP contribution in [0.5, 0.6) is 0 Å². The molecule has 0 spiro atoms. The van der Waals surface area contributed by atoms with Crippen LogP contribution >= 0.6 is 0 Å². The highest BCUT2D eigenvalue weighted by molar-refractivity contribution is 5.97. The summed E-state index contributed by atoms with van der Waals surface area (Å²) in [6, 6.07) is 1.30. The number of primary amides is 1. The van der Waals surface area contributed by atoms with Crippen LogP contribution in [0.1, 0.15) is 62.0 Å². The molecule has 1 amide bonds. The van der Waals surface area contributed by atoms with Gasteiger partial charge in [-0.15, -0.1) is 0 Å². The maximum Gasteiger partial charge on any atom is 0.328 e. The highest BCUT2D eigenvalue weighted by atomic mass is 19.1. The van der Waals surface area contributed by atoms with E-state index in [0.29, 0.717) is 18.8 Å². The van der Waals surface area contributed by atoms with E-state index in [1.807, 2.05) is 4.90 Å². The van der Waals surface area contributed by atoms with Crippen molar-refractivity contribution in [2.24, 2.45) is 11.5 Å². The quantitative estimate of drug-likeness (QED) is 0.811. The van der Waals surface area contributed by atoms with E-state index < -0.39 is 29.3 Å². The van der Waals surface area contributed by atoms with Gasteiger partial charge in [0.05, 0.1) is 5.69 Å². The highest BCUT2D eigenvalue weighted by Gasteiger charge is 2.29. The molecule has 0 saturated carbocycles. The third kappa shape index (κ3) is 4.69. The summed E-state index contributed by atoms with van der Waals surface area (Å²) in [7, 11) is 0. The van der Waals surface area contributed by atoms with E-state index in [-0.39, 0.29) is 11.1 Å². The Morgan fingerprint density at radius 2 is 1.80 bits per heavy atom. The Morgan fingerprint density at radius 3 is 2.32 bits per heavy atom. The molecule has 1 heterocycles. The molecule has 0 bridgehead atoms. The Kier molecular flexibility index (Phi) is 5.67. The van der Waals surface area contributed by atoms with Crippen LogP contribution < -0.4 is 16.4 Å². The molecular formula is C18H26FN3O3. The fraction of sp³-hybridized carbons (Fsp3) is 0.556. The van der Waals surface area contributed by atoms with Crippen molar-refractivity contribution in [3.05, 3.63) is 29.1 Å². The van der Waals surface area contributed by atoms with Crippen molar-refractivity contribution in [3.63, 3.8) is 0 Å². The van der Waals surface area contributed by atoms with Gasteiger partial charge in [-0.3, -0.25) is 4.79 Å². The molecular weight excluding hydrogens is 325 g/mol. The molecule has 0 radical (unpaired) electrons. The number of benzene rings is 1. The van der Waals surface area contributed by atoms with Crippen molar-refractivity contribution >= 4 is 17.6 Å². The zero-order chi connectivity index (χ0) is 18.8. The second-order valence-electron chi connectivity index (χ2n) is 7.31. The molecule has 1 unspecified atom stereocenters. The van der Waals surface area contributed by atoms with E-state index in [1.54, 1.807) is 20.8 Å². The summed E-state index contributed by atoms with van der Waals surface area (Å²) in [5.74, 6) is -2.07. The third-order valence-electron chi connectivity index (χ3n) is 4.08. The topological polar surface area (TPSA) is 98.7 Å². The molecule has 1 atom stereocenters. The van der Waals surface area contributed by atoms with Gasteiger partial charge in [0, 0.05) is 18.7 Å². The summed E-state index contributed by atoms with van der Waals surface area (Å²) in [5.41, 5.74) is 11.1. The van der Waals surface area contributed by atoms with Crippen LogP contribution in [-0.4, -0.2) is 30.6 Å². The van der Waals surface area contributed by atoms with E-state index in [1.165, 1.54) is 6.07 Å². The number of rotatable bonds is 4. The van der Waals surface area contributed by atoms with Crippen molar-refractivity contribution in [3.8, 4) is 0 Å². The number of hydrogen-bond donors (Lipinski definition) is 2. The Bertz CT molecular complexity index is 664. The fourth-order valence-corrected chi connectivity index (χ4v) is 2.92. The number of nitrogens with two attached hydrogens (primary N) is 2. The molecule has 4 N–H and O–H groups in total. The first-order valence-electron chi connectivity index (χ1n) is 8.47. The predicted molar refractivity (Wildman–Crippen MR) is 93.8 cm³/mol. The second kappa shape index (κ2) is 7.39. The number of anilines is 1.